The number of aryl methyl sites for hydroxylation is 1. The van der Waals surface area contributed by atoms with Crippen LogP contribution in [-0.2, 0) is 0 Å². The lowest BCUT2D eigenvalue weighted by Crippen LogP contribution is -2.35. The van der Waals surface area contributed by atoms with Crippen LogP contribution in [0, 0.1) is 12.8 Å². The Morgan fingerprint density at radius 2 is 1.96 bits per heavy atom. The fourth-order valence-corrected chi connectivity index (χ4v) is 4.22. The second kappa shape index (κ2) is 7.04. The van der Waals surface area contributed by atoms with E-state index >= 15 is 0 Å². The molecule has 1 aromatic carbocycles. The van der Waals surface area contributed by atoms with Crippen molar-refractivity contribution in [3.05, 3.63) is 42.2 Å². The number of piperidine rings is 1. The lowest BCUT2D eigenvalue weighted by Gasteiger charge is -2.29. The Morgan fingerprint density at radius 1 is 1.04 bits per heavy atom. The largest absolute Gasteiger partial charge is 0.496 e. The number of aromatic nitrogens is 1. The Balaban J connectivity index is 1.59. The molecule has 4 nitrogen and oxygen atoms in total. The van der Waals surface area contributed by atoms with Gasteiger partial charge in [0.05, 0.1) is 19.0 Å². The van der Waals surface area contributed by atoms with Gasteiger partial charge in [0.2, 0.25) is 0 Å². The number of pyridine rings is 1. The Hall–Kier alpha value is -2.07. The lowest BCUT2D eigenvalue weighted by molar-refractivity contribution is 0.201. The number of hydrogen-bond acceptors (Lipinski definition) is 4. The predicted molar refractivity (Wildman–Crippen MR) is 102 cm³/mol. The summed E-state index contributed by atoms with van der Waals surface area (Å²) in [4.78, 5) is 9.69. The molecule has 2 aliphatic rings. The fourth-order valence-electron chi connectivity index (χ4n) is 4.22. The van der Waals surface area contributed by atoms with E-state index in [0.717, 1.165) is 30.3 Å². The first-order chi connectivity index (χ1) is 12.2. The van der Waals surface area contributed by atoms with Gasteiger partial charge in [0, 0.05) is 37.9 Å². The van der Waals surface area contributed by atoms with Gasteiger partial charge in [0.15, 0.2) is 0 Å². The minimum atomic E-state index is 0.795. The van der Waals surface area contributed by atoms with Crippen molar-refractivity contribution in [2.75, 3.05) is 44.7 Å². The number of fused-ring (bicyclic) bond motifs is 2. The Bertz CT molecular complexity index is 746. The second-order valence-corrected chi connectivity index (χ2v) is 7.37. The summed E-state index contributed by atoms with van der Waals surface area (Å²) < 4.78 is 5.38. The van der Waals surface area contributed by atoms with Gasteiger partial charge in [-0.15, -0.1) is 0 Å². The molecule has 2 unspecified atom stereocenters. The molecule has 2 aromatic rings. The van der Waals surface area contributed by atoms with Crippen LogP contribution in [-0.4, -0.2) is 49.7 Å². The van der Waals surface area contributed by atoms with E-state index in [9.17, 15) is 0 Å². The fraction of sp³-hybridized carbons (Fsp3) is 0.476. The molecule has 0 spiro atoms. The zero-order valence-electron chi connectivity index (χ0n) is 15.2. The molecule has 2 aliphatic heterocycles. The summed E-state index contributed by atoms with van der Waals surface area (Å²) in [5.41, 5.74) is 4.78. The molecular formula is C21H27N3O. The summed E-state index contributed by atoms with van der Waals surface area (Å²) in [5.74, 6) is 1.73. The molecule has 0 aliphatic carbocycles. The molecular weight excluding hydrogens is 310 g/mol. The van der Waals surface area contributed by atoms with Crippen LogP contribution in [0.4, 0.5) is 5.69 Å². The minimum absolute atomic E-state index is 0.795. The maximum absolute atomic E-state index is 5.38. The number of benzene rings is 1. The first kappa shape index (κ1) is 16.4. The van der Waals surface area contributed by atoms with Crippen molar-refractivity contribution in [3.63, 3.8) is 0 Å². The van der Waals surface area contributed by atoms with E-state index in [1.54, 1.807) is 7.11 Å². The molecule has 2 fully saturated rings. The normalized spacial score (nSPS) is 23.2. The topological polar surface area (TPSA) is 28.6 Å². The van der Waals surface area contributed by atoms with Crippen LogP contribution >= 0.6 is 0 Å². The van der Waals surface area contributed by atoms with Crippen molar-refractivity contribution in [3.8, 4) is 16.9 Å². The summed E-state index contributed by atoms with van der Waals surface area (Å²) in [6.07, 6.45) is 6.69. The smallest absolute Gasteiger partial charge is 0.121 e. The first-order valence-electron chi connectivity index (χ1n) is 9.30. The second-order valence-electron chi connectivity index (χ2n) is 7.37. The molecule has 0 N–H and O–H groups in total. The average molecular weight is 337 g/mol. The van der Waals surface area contributed by atoms with Gasteiger partial charge >= 0.3 is 0 Å². The lowest BCUT2D eigenvalue weighted by atomic mass is 9.98. The van der Waals surface area contributed by atoms with E-state index in [0.29, 0.717) is 0 Å². The summed E-state index contributed by atoms with van der Waals surface area (Å²) in [6, 6.07) is 8.63. The van der Waals surface area contributed by atoms with Crippen molar-refractivity contribution in [2.24, 2.45) is 5.92 Å². The zero-order chi connectivity index (χ0) is 17.2. The van der Waals surface area contributed by atoms with Crippen molar-refractivity contribution in [1.29, 1.82) is 0 Å². The van der Waals surface area contributed by atoms with E-state index in [1.165, 1.54) is 49.3 Å². The van der Waals surface area contributed by atoms with Crippen molar-refractivity contribution < 1.29 is 4.74 Å². The first-order valence-corrected chi connectivity index (χ1v) is 9.30. The molecule has 2 bridgehead atoms. The standard InChI is InChI=1S/C21H27N3O/c1-16-10-18(5-6-21(16)25-2)19-11-20(13-22-12-19)24-9-8-23-7-3-4-17(14-23)15-24/h5-6,10-13,17H,3-4,7-9,14-15H2,1-2H3. The third-order valence-corrected chi connectivity index (χ3v) is 5.58. The van der Waals surface area contributed by atoms with E-state index in [1.807, 2.05) is 18.5 Å². The summed E-state index contributed by atoms with van der Waals surface area (Å²) in [5, 5.41) is 0. The zero-order valence-corrected chi connectivity index (χ0v) is 15.2. The number of rotatable bonds is 3. The summed E-state index contributed by atoms with van der Waals surface area (Å²) in [7, 11) is 1.72. The maximum atomic E-state index is 5.38. The van der Waals surface area contributed by atoms with Gasteiger partial charge < -0.3 is 14.5 Å². The van der Waals surface area contributed by atoms with E-state index in [4.69, 9.17) is 4.74 Å². The van der Waals surface area contributed by atoms with Gasteiger partial charge in [0.1, 0.15) is 5.75 Å². The number of anilines is 1. The highest BCUT2D eigenvalue weighted by Crippen LogP contribution is 2.29. The highest BCUT2D eigenvalue weighted by atomic mass is 16.5. The van der Waals surface area contributed by atoms with Crippen LogP contribution in [0.1, 0.15) is 18.4 Å². The van der Waals surface area contributed by atoms with E-state index < -0.39 is 0 Å². The number of nitrogens with zero attached hydrogens (tertiary/aromatic N) is 3. The van der Waals surface area contributed by atoms with Crippen LogP contribution in [0.3, 0.4) is 0 Å². The van der Waals surface area contributed by atoms with Crippen LogP contribution < -0.4 is 9.64 Å². The monoisotopic (exact) mass is 337 g/mol. The third kappa shape index (κ3) is 3.49. The molecule has 4 heteroatoms. The quantitative estimate of drug-likeness (QED) is 0.856. The molecule has 1 aromatic heterocycles. The molecule has 0 amide bonds. The molecule has 4 rings (SSSR count). The molecule has 2 atom stereocenters. The molecule has 2 saturated heterocycles. The van der Waals surface area contributed by atoms with E-state index in [2.05, 4.69) is 39.9 Å². The highest BCUT2D eigenvalue weighted by molar-refractivity contribution is 5.68. The SMILES string of the molecule is COc1ccc(-c2cncc(N3CCN4CCCC(C4)C3)c2)cc1C. The van der Waals surface area contributed by atoms with Gasteiger partial charge in [0.25, 0.3) is 0 Å². The maximum Gasteiger partial charge on any atom is 0.121 e. The highest BCUT2D eigenvalue weighted by Gasteiger charge is 2.26. The van der Waals surface area contributed by atoms with Gasteiger partial charge in [-0.05, 0) is 61.6 Å². The van der Waals surface area contributed by atoms with Crippen LogP contribution in [0.25, 0.3) is 11.1 Å². The molecule has 3 heterocycles. The van der Waals surface area contributed by atoms with Crippen molar-refractivity contribution in [2.45, 2.75) is 19.8 Å². The molecule has 25 heavy (non-hydrogen) atoms. The van der Waals surface area contributed by atoms with Crippen molar-refractivity contribution >= 4 is 5.69 Å². The molecule has 132 valence electrons. The van der Waals surface area contributed by atoms with E-state index in [-0.39, 0.29) is 0 Å². The Labute approximate surface area is 150 Å². The van der Waals surface area contributed by atoms with Crippen LogP contribution in [0.5, 0.6) is 5.75 Å². The number of methoxy groups -OCH3 is 1. The third-order valence-electron chi connectivity index (χ3n) is 5.58. The van der Waals surface area contributed by atoms with Crippen LogP contribution in [0.2, 0.25) is 0 Å². The molecule has 0 saturated carbocycles. The number of ether oxygens (including phenoxy) is 1. The van der Waals surface area contributed by atoms with Gasteiger partial charge in [-0.25, -0.2) is 0 Å². The Kier molecular flexibility index (Phi) is 4.62. The predicted octanol–water partition coefficient (Wildman–Crippen LogP) is 3.60. The van der Waals surface area contributed by atoms with Gasteiger partial charge in [-0.3, -0.25) is 4.98 Å². The van der Waals surface area contributed by atoms with Crippen molar-refractivity contribution in [1.82, 2.24) is 9.88 Å². The number of hydrogen-bond donors (Lipinski definition) is 0. The Morgan fingerprint density at radius 3 is 2.80 bits per heavy atom. The average Bonchev–Trinajstić information content (AvgIpc) is 2.79. The van der Waals surface area contributed by atoms with Gasteiger partial charge in [-0.1, -0.05) is 6.07 Å². The minimum Gasteiger partial charge on any atom is -0.496 e. The summed E-state index contributed by atoms with van der Waals surface area (Å²) >= 11 is 0. The van der Waals surface area contributed by atoms with Crippen LogP contribution in [0.15, 0.2) is 36.7 Å². The molecule has 0 radical (unpaired) electrons. The van der Waals surface area contributed by atoms with Gasteiger partial charge in [-0.2, -0.15) is 0 Å². The summed E-state index contributed by atoms with van der Waals surface area (Å²) in [6.45, 7) is 8.05.